The fraction of sp³-hybridized carbons (Fsp3) is 0.231. The van der Waals surface area contributed by atoms with E-state index in [1.165, 1.54) is 12.3 Å². The minimum atomic E-state index is -1.08. The third-order valence-corrected chi connectivity index (χ3v) is 2.92. The fourth-order valence-electron chi connectivity index (χ4n) is 2.12. The Morgan fingerprint density at radius 3 is 2.63 bits per heavy atom. The van der Waals surface area contributed by atoms with Gasteiger partial charge in [-0.25, -0.2) is 4.79 Å². The van der Waals surface area contributed by atoms with Gasteiger partial charge in [-0.15, -0.1) is 0 Å². The normalized spacial score (nSPS) is 12.5. The first-order valence-corrected chi connectivity index (χ1v) is 5.83. The number of nitrogens with two attached hydrogens (primary N) is 2. The number of rotatable bonds is 3. The minimum absolute atomic E-state index is 0.106. The van der Waals surface area contributed by atoms with Crippen molar-refractivity contribution in [3.63, 3.8) is 0 Å². The molecular formula is C13H15N3O3. The number of carboxylic acid groups (broad SMARTS) is 1. The van der Waals surface area contributed by atoms with Crippen molar-refractivity contribution >= 4 is 22.9 Å². The fourth-order valence-corrected chi connectivity index (χ4v) is 2.12. The average molecular weight is 261 g/mol. The van der Waals surface area contributed by atoms with Crippen LogP contribution in [0, 0.1) is 0 Å². The van der Waals surface area contributed by atoms with Crippen LogP contribution in [0.15, 0.2) is 24.4 Å². The van der Waals surface area contributed by atoms with Gasteiger partial charge in [0.25, 0.3) is 0 Å². The van der Waals surface area contributed by atoms with E-state index in [1.807, 2.05) is 6.92 Å². The summed E-state index contributed by atoms with van der Waals surface area (Å²) in [7, 11) is 0. The molecule has 1 aromatic carbocycles. The first-order valence-electron chi connectivity index (χ1n) is 5.83. The summed E-state index contributed by atoms with van der Waals surface area (Å²) < 4.78 is 1.12. The summed E-state index contributed by atoms with van der Waals surface area (Å²) in [5.74, 6) is -0.545. The standard InChI is InChI=1S/C13H15N3O3/c1-7(14)4-9-6-16(13(18)19)11-3-2-8(12(15)17)5-10(9)11/h2-3,5-7H,4,14H2,1H3,(H2,15,17)(H,18,19)/t7-/m1/s1. The van der Waals surface area contributed by atoms with Gasteiger partial charge in [0.1, 0.15) is 0 Å². The van der Waals surface area contributed by atoms with Crippen molar-refractivity contribution in [3.8, 4) is 0 Å². The number of benzene rings is 1. The summed E-state index contributed by atoms with van der Waals surface area (Å²) in [6.07, 6.45) is 0.980. The second-order valence-electron chi connectivity index (χ2n) is 4.58. The van der Waals surface area contributed by atoms with Crippen molar-refractivity contribution < 1.29 is 14.7 Å². The zero-order chi connectivity index (χ0) is 14.2. The third kappa shape index (κ3) is 2.43. The van der Waals surface area contributed by atoms with E-state index in [9.17, 15) is 9.59 Å². The predicted octanol–water partition coefficient (Wildman–Crippen LogP) is 1.16. The Bertz CT molecular complexity index is 658. The summed E-state index contributed by atoms with van der Waals surface area (Å²) in [5.41, 5.74) is 12.6. The molecule has 0 bridgehead atoms. The number of amides is 1. The lowest BCUT2D eigenvalue weighted by Gasteiger charge is -2.03. The van der Waals surface area contributed by atoms with Gasteiger partial charge in [0, 0.05) is 23.2 Å². The van der Waals surface area contributed by atoms with Crippen LogP contribution in [0.25, 0.3) is 10.9 Å². The van der Waals surface area contributed by atoms with Crippen LogP contribution in [0.3, 0.4) is 0 Å². The summed E-state index contributed by atoms with van der Waals surface area (Å²) in [4.78, 5) is 22.4. The Balaban J connectivity index is 2.68. The summed E-state index contributed by atoms with van der Waals surface area (Å²) in [5, 5.41) is 9.84. The summed E-state index contributed by atoms with van der Waals surface area (Å²) >= 11 is 0. The molecule has 0 aliphatic carbocycles. The molecule has 0 saturated heterocycles. The molecule has 1 aromatic heterocycles. The summed E-state index contributed by atoms with van der Waals surface area (Å²) in [6, 6.07) is 4.59. The van der Waals surface area contributed by atoms with Gasteiger partial charge in [-0.2, -0.15) is 0 Å². The van der Waals surface area contributed by atoms with E-state index in [1.54, 1.807) is 12.1 Å². The van der Waals surface area contributed by atoms with Gasteiger partial charge in [-0.05, 0) is 37.1 Å². The first-order chi connectivity index (χ1) is 8.90. The van der Waals surface area contributed by atoms with Crippen molar-refractivity contribution in [1.29, 1.82) is 0 Å². The number of nitrogens with zero attached hydrogens (tertiary/aromatic N) is 1. The Morgan fingerprint density at radius 2 is 2.11 bits per heavy atom. The Morgan fingerprint density at radius 1 is 1.42 bits per heavy atom. The van der Waals surface area contributed by atoms with Crippen LogP contribution in [-0.2, 0) is 6.42 Å². The third-order valence-electron chi connectivity index (χ3n) is 2.92. The molecule has 19 heavy (non-hydrogen) atoms. The smallest absolute Gasteiger partial charge is 0.416 e. The van der Waals surface area contributed by atoms with Gasteiger partial charge in [0.05, 0.1) is 5.52 Å². The number of aromatic nitrogens is 1. The maximum Gasteiger partial charge on any atom is 0.416 e. The molecule has 0 saturated carbocycles. The van der Waals surface area contributed by atoms with Crippen LogP contribution >= 0.6 is 0 Å². The van der Waals surface area contributed by atoms with Gasteiger partial charge in [0.15, 0.2) is 0 Å². The molecule has 2 aromatic rings. The van der Waals surface area contributed by atoms with E-state index in [2.05, 4.69) is 0 Å². The topological polar surface area (TPSA) is 111 Å². The van der Waals surface area contributed by atoms with Crippen LogP contribution in [0.4, 0.5) is 4.79 Å². The van der Waals surface area contributed by atoms with Gasteiger partial charge in [-0.1, -0.05) is 0 Å². The summed E-state index contributed by atoms with van der Waals surface area (Å²) in [6.45, 7) is 1.84. The Kier molecular flexibility index (Phi) is 3.26. The van der Waals surface area contributed by atoms with Crippen molar-refractivity contribution in [1.82, 2.24) is 4.57 Å². The quantitative estimate of drug-likeness (QED) is 0.769. The Hall–Kier alpha value is -2.34. The number of carbonyl (C=O) groups excluding carboxylic acids is 1. The molecule has 0 aliphatic heterocycles. The molecular weight excluding hydrogens is 246 g/mol. The molecule has 0 unspecified atom stereocenters. The van der Waals surface area contributed by atoms with Crippen molar-refractivity contribution in [2.75, 3.05) is 0 Å². The highest BCUT2D eigenvalue weighted by Gasteiger charge is 2.15. The first kappa shape index (κ1) is 13.1. The molecule has 0 aliphatic rings. The molecule has 0 spiro atoms. The van der Waals surface area contributed by atoms with E-state index < -0.39 is 12.0 Å². The van der Waals surface area contributed by atoms with Gasteiger partial charge >= 0.3 is 6.09 Å². The highest BCUT2D eigenvalue weighted by Crippen LogP contribution is 2.24. The van der Waals surface area contributed by atoms with E-state index >= 15 is 0 Å². The predicted molar refractivity (Wildman–Crippen MR) is 71.2 cm³/mol. The number of hydrogen-bond acceptors (Lipinski definition) is 3. The number of carbonyl (C=O) groups is 2. The lowest BCUT2D eigenvalue weighted by molar-refractivity contribution is 0.100. The molecule has 0 fully saturated rings. The van der Waals surface area contributed by atoms with E-state index in [0.29, 0.717) is 22.9 Å². The molecule has 1 amide bonds. The SMILES string of the molecule is C[C@@H](N)Cc1cn(C(=O)O)c2ccc(C(N)=O)cc12. The minimum Gasteiger partial charge on any atom is -0.464 e. The number of fused-ring (bicyclic) bond motifs is 1. The van der Waals surface area contributed by atoms with Crippen LogP contribution < -0.4 is 11.5 Å². The molecule has 6 heteroatoms. The number of hydrogen-bond donors (Lipinski definition) is 3. The zero-order valence-corrected chi connectivity index (χ0v) is 10.5. The van der Waals surface area contributed by atoms with Crippen LogP contribution in [0.2, 0.25) is 0 Å². The van der Waals surface area contributed by atoms with Crippen molar-refractivity contribution in [2.45, 2.75) is 19.4 Å². The van der Waals surface area contributed by atoms with Crippen LogP contribution in [0.5, 0.6) is 0 Å². The molecule has 1 heterocycles. The Labute approximate surface area is 109 Å². The number of primary amides is 1. The zero-order valence-electron chi connectivity index (χ0n) is 10.5. The van der Waals surface area contributed by atoms with Crippen molar-refractivity contribution in [2.24, 2.45) is 11.5 Å². The molecule has 100 valence electrons. The monoisotopic (exact) mass is 261 g/mol. The van der Waals surface area contributed by atoms with Crippen LogP contribution in [0.1, 0.15) is 22.8 Å². The van der Waals surface area contributed by atoms with E-state index in [4.69, 9.17) is 16.6 Å². The average Bonchev–Trinajstić information content (AvgIpc) is 2.67. The van der Waals surface area contributed by atoms with E-state index in [0.717, 1.165) is 10.1 Å². The molecule has 6 nitrogen and oxygen atoms in total. The highest BCUT2D eigenvalue weighted by molar-refractivity contribution is 5.99. The van der Waals surface area contributed by atoms with Gasteiger partial charge in [0.2, 0.25) is 5.91 Å². The lowest BCUT2D eigenvalue weighted by Crippen LogP contribution is -2.17. The second kappa shape index (κ2) is 4.74. The lowest BCUT2D eigenvalue weighted by atomic mass is 10.0. The molecule has 0 radical (unpaired) electrons. The molecule has 5 N–H and O–H groups in total. The highest BCUT2D eigenvalue weighted by atomic mass is 16.4. The van der Waals surface area contributed by atoms with Gasteiger partial charge in [-0.3, -0.25) is 9.36 Å². The largest absolute Gasteiger partial charge is 0.464 e. The molecule has 2 rings (SSSR count). The van der Waals surface area contributed by atoms with Gasteiger partial charge < -0.3 is 16.6 Å². The second-order valence-corrected chi connectivity index (χ2v) is 4.58. The maximum atomic E-state index is 11.2. The maximum absolute atomic E-state index is 11.2. The molecule has 1 atom stereocenters. The van der Waals surface area contributed by atoms with Crippen LogP contribution in [-0.4, -0.2) is 27.7 Å². The van der Waals surface area contributed by atoms with Crippen molar-refractivity contribution in [3.05, 3.63) is 35.5 Å². The van der Waals surface area contributed by atoms with E-state index in [-0.39, 0.29) is 6.04 Å².